The average Bonchev–Trinajstić information content (AvgIpc) is 3.14. The molecule has 0 saturated heterocycles. The first-order valence-electron chi connectivity index (χ1n) is 9.31. The van der Waals surface area contributed by atoms with E-state index in [1.165, 1.54) is 28.6 Å². The first-order valence-corrected chi connectivity index (χ1v) is 10.7. The standard InChI is InChI=1S/C22H18N2O5S/c25-15-17-7-4-8-21-22(17)18(13-16-5-2-1-3-6-16)14-23(21)30(28,29)20-11-9-19(10-12-20)24(26)27/h1-12,15,18H,13-14H2/t18-/m0/s1. The fourth-order valence-corrected chi connectivity index (χ4v) is 5.41. The van der Waals surface area contributed by atoms with Crippen molar-refractivity contribution in [2.24, 2.45) is 0 Å². The summed E-state index contributed by atoms with van der Waals surface area (Å²) < 4.78 is 28.0. The number of fused-ring (bicyclic) bond motifs is 1. The van der Waals surface area contributed by atoms with Crippen molar-refractivity contribution in [1.82, 2.24) is 0 Å². The van der Waals surface area contributed by atoms with E-state index in [4.69, 9.17) is 0 Å². The van der Waals surface area contributed by atoms with Gasteiger partial charge in [0.2, 0.25) is 0 Å². The number of sulfonamides is 1. The van der Waals surface area contributed by atoms with E-state index in [0.717, 1.165) is 11.8 Å². The van der Waals surface area contributed by atoms with Crippen LogP contribution in [0.3, 0.4) is 0 Å². The van der Waals surface area contributed by atoms with Crippen LogP contribution in [0.1, 0.15) is 27.4 Å². The smallest absolute Gasteiger partial charge is 0.269 e. The van der Waals surface area contributed by atoms with E-state index in [1.807, 2.05) is 30.3 Å². The predicted octanol–water partition coefficient (Wildman–Crippen LogP) is 3.94. The third-order valence-electron chi connectivity index (χ3n) is 5.27. The van der Waals surface area contributed by atoms with Crippen LogP contribution in [0.15, 0.2) is 77.7 Å². The molecule has 0 N–H and O–H groups in total. The number of non-ortho nitro benzene ring substituents is 1. The Hall–Kier alpha value is -3.52. The Morgan fingerprint density at radius 1 is 1.00 bits per heavy atom. The van der Waals surface area contributed by atoms with Crippen LogP contribution in [-0.2, 0) is 16.4 Å². The Labute approximate surface area is 173 Å². The van der Waals surface area contributed by atoms with Gasteiger partial charge >= 0.3 is 0 Å². The summed E-state index contributed by atoms with van der Waals surface area (Å²) >= 11 is 0. The Bertz CT molecular complexity index is 1210. The zero-order valence-corrected chi connectivity index (χ0v) is 16.7. The van der Waals surface area contributed by atoms with Crippen LogP contribution in [0.2, 0.25) is 0 Å². The molecule has 0 unspecified atom stereocenters. The molecule has 7 nitrogen and oxygen atoms in total. The van der Waals surface area contributed by atoms with Gasteiger partial charge < -0.3 is 0 Å². The van der Waals surface area contributed by atoms with Crippen LogP contribution in [0.25, 0.3) is 0 Å². The minimum Gasteiger partial charge on any atom is -0.298 e. The molecule has 1 aliphatic heterocycles. The van der Waals surface area contributed by atoms with Crippen LogP contribution in [0.5, 0.6) is 0 Å². The zero-order valence-electron chi connectivity index (χ0n) is 15.8. The maximum Gasteiger partial charge on any atom is 0.269 e. The highest BCUT2D eigenvalue weighted by atomic mass is 32.2. The van der Waals surface area contributed by atoms with Crippen molar-refractivity contribution in [1.29, 1.82) is 0 Å². The quantitative estimate of drug-likeness (QED) is 0.340. The van der Waals surface area contributed by atoms with Crippen LogP contribution in [0.4, 0.5) is 11.4 Å². The Morgan fingerprint density at radius 3 is 2.33 bits per heavy atom. The van der Waals surface area contributed by atoms with E-state index < -0.39 is 14.9 Å². The SMILES string of the molecule is O=Cc1cccc2c1[C@@H](Cc1ccccc1)CN2S(=O)(=O)c1ccc([N+](=O)[O-])cc1. The molecule has 152 valence electrons. The number of anilines is 1. The topological polar surface area (TPSA) is 97.6 Å². The summed E-state index contributed by atoms with van der Waals surface area (Å²) in [6.45, 7) is 0.189. The fourth-order valence-electron chi connectivity index (χ4n) is 3.89. The highest BCUT2D eigenvalue weighted by molar-refractivity contribution is 7.92. The number of nitro benzene ring substituents is 1. The number of carbonyl (C=O) groups excluding carboxylic acids is 1. The first-order chi connectivity index (χ1) is 14.4. The van der Waals surface area contributed by atoms with Gasteiger partial charge in [-0.05, 0) is 35.7 Å². The lowest BCUT2D eigenvalue weighted by Crippen LogP contribution is -2.30. The molecule has 0 radical (unpaired) electrons. The van der Waals surface area contributed by atoms with Crippen molar-refractivity contribution < 1.29 is 18.1 Å². The maximum absolute atomic E-state index is 13.3. The molecule has 0 bridgehead atoms. The summed E-state index contributed by atoms with van der Waals surface area (Å²) in [4.78, 5) is 21.9. The number of benzene rings is 3. The van der Waals surface area contributed by atoms with E-state index in [0.29, 0.717) is 23.2 Å². The van der Waals surface area contributed by atoms with E-state index in [9.17, 15) is 23.3 Å². The van der Waals surface area contributed by atoms with Crippen molar-refractivity contribution >= 4 is 27.7 Å². The summed E-state index contributed by atoms with van der Waals surface area (Å²) in [6.07, 6.45) is 1.34. The van der Waals surface area contributed by atoms with Crippen molar-refractivity contribution in [2.45, 2.75) is 17.2 Å². The van der Waals surface area contributed by atoms with Crippen LogP contribution in [-0.4, -0.2) is 26.2 Å². The lowest BCUT2D eigenvalue weighted by Gasteiger charge is -2.20. The van der Waals surface area contributed by atoms with E-state index in [1.54, 1.807) is 18.2 Å². The summed E-state index contributed by atoms with van der Waals surface area (Å²) in [7, 11) is -3.95. The number of hydrogen-bond donors (Lipinski definition) is 0. The molecule has 0 amide bonds. The second-order valence-corrected chi connectivity index (χ2v) is 8.93. The van der Waals surface area contributed by atoms with Crippen molar-refractivity contribution in [3.8, 4) is 0 Å². The normalized spacial score (nSPS) is 15.6. The highest BCUT2D eigenvalue weighted by Gasteiger charge is 2.38. The van der Waals surface area contributed by atoms with Gasteiger partial charge in [0.25, 0.3) is 15.7 Å². The molecule has 1 atom stereocenters. The van der Waals surface area contributed by atoms with Gasteiger partial charge in [-0.3, -0.25) is 19.2 Å². The van der Waals surface area contributed by atoms with Crippen molar-refractivity contribution in [3.63, 3.8) is 0 Å². The summed E-state index contributed by atoms with van der Waals surface area (Å²) in [5.41, 5.74) is 2.51. The molecule has 0 spiro atoms. The summed E-state index contributed by atoms with van der Waals surface area (Å²) in [5.74, 6) is -0.184. The predicted molar refractivity (Wildman–Crippen MR) is 112 cm³/mol. The van der Waals surface area contributed by atoms with Gasteiger partial charge in [-0.25, -0.2) is 8.42 Å². The van der Waals surface area contributed by atoms with E-state index >= 15 is 0 Å². The Kier molecular flexibility index (Phi) is 5.09. The van der Waals surface area contributed by atoms with Crippen LogP contribution in [0, 0.1) is 10.1 Å². The number of hydrogen-bond acceptors (Lipinski definition) is 5. The first kappa shape index (κ1) is 19.8. The van der Waals surface area contributed by atoms with Crippen LogP contribution >= 0.6 is 0 Å². The van der Waals surface area contributed by atoms with Gasteiger partial charge in [0.1, 0.15) is 6.29 Å². The Morgan fingerprint density at radius 2 is 1.70 bits per heavy atom. The molecule has 0 saturated carbocycles. The van der Waals surface area contributed by atoms with Crippen LogP contribution < -0.4 is 4.31 Å². The van der Waals surface area contributed by atoms with Gasteiger partial charge in [0.05, 0.1) is 15.5 Å². The molecule has 0 fully saturated rings. The number of nitro groups is 1. The second kappa shape index (κ2) is 7.72. The third-order valence-corrected chi connectivity index (χ3v) is 7.06. The average molecular weight is 422 g/mol. The largest absolute Gasteiger partial charge is 0.298 e. The van der Waals surface area contributed by atoms with E-state index in [-0.39, 0.29) is 23.0 Å². The van der Waals surface area contributed by atoms with Gasteiger partial charge in [-0.1, -0.05) is 42.5 Å². The summed E-state index contributed by atoms with van der Waals surface area (Å²) in [6, 6.07) is 19.5. The molecule has 3 aromatic carbocycles. The number of rotatable bonds is 6. The van der Waals surface area contributed by atoms with Gasteiger partial charge in [-0.15, -0.1) is 0 Å². The lowest BCUT2D eigenvalue weighted by molar-refractivity contribution is -0.384. The van der Waals surface area contributed by atoms with Gasteiger partial charge in [0.15, 0.2) is 0 Å². The van der Waals surface area contributed by atoms with Crippen molar-refractivity contribution in [2.75, 3.05) is 10.8 Å². The molecule has 30 heavy (non-hydrogen) atoms. The molecule has 4 rings (SSSR count). The molecule has 8 heteroatoms. The molecule has 0 aromatic heterocycles. The minimum atomic E-state index is -3.95. The minimum absolute atomic E-state index is 0.0316. The number of aldehydes is 1. The molecule has 3 aromatic rings. The molecular formula is C22H18N2O5S. The highest BCUT2D eigenvalue weighted by Crippen LogP contribution is 2.42. The monoisotopic (exact) mass is 422 g/mol. The zero-order chi connectivity index (χ0) is 21.3. The molecule has 0 aliphatic carbocycles. The molecule has 1 aliphatic rings. The second-order valence-electron chi connectivity index (χ2n) is 7.07. The molecule has 1 heterocycles. The van der Waals surface area contributed by atoms with Crippen molar-refractivity contribution in [3.05, 3.63) is 99.6 Å². The molecular weight excluding hydrogens is 404 g/mol. The fraction of sp³-hybridized carbons (Fsp3) is 0.136. The number of carbonyl (C=O) groups is 1. The lowest BCUT2D eigenvalue weighted by atomic mass is 9.91. The van der Waals surface area contributed by atoms with E-state index in [2.05, 4.69) is 0 Å². The van der Waals surface area contributed by atoms with Gasteiger partial charge in [0, 0.05) is 30.2 Å². The third kappa shape index (κ3) is 3.46. The number of nitrogens with zero attached hydrogens (tertiary/aromatic N) is 2. The van der Waals surface area contributed by atoms with Gasteiger partial charge in [-0.2, -0.15) is 0 Å². The Balaban J connectivity index is 1.76. The maximum atomic E-state index is 13.3. The summed E-state index contributed by atoms with van der Waals surface area (Å²) in [5, 5.41) is 10.9.